The highest BCUT2D eigenvalue weighted by atomic mass is 35.5. The molecule has 0 spiro atoms. The maximum absolute atomic E-state index is 5.98. The van der Waals surface area contributed by atoms with Crippen molar-refractivity contribution in [1.29, 1.82) is 0 Å². The molecule has 1 heterocycles. The van der Waals surface area contributed by atoms with Crippen LogP contribution >= 0.6 is 23.8 Å². The van der Waals surface area contributed by atoms with E-state index in [1.54, 1.807) is 0 Å². The Morgan fingerprint density at radius 1 is 1.04 bits per heavy atom. The van der Waals surface area contributed by atoms with Crippen molar-refractivity contribution < 1.29 is 0 Å². The molecule has 1 N–H and O–H groups in total. The number of aromatic nitrogens is 1. The molecule has 3 aromatic rings. The van der Waals surface area contributed by atoms with Crippen LogP contribution in [0.25, 0.3) is 11.1 Å². The van der Waals surface area contributed by atoms with Gasteiger partial charge in [-0.15, -0.1) is 0 Å². The molecule has 23 heavy (non-hydrogen) atoms. The van der Waals surface area contributed by atoms with Gasteiger partial charge in [-0.2, -0.15) is 0 Å². The zero-order valence-corrected chi connectivity index (χ0v) is 14.6. The molecule has 3 rings (SSSR count). The predicted octanol–water partition coefficient (Wildman–Crippen LogP) is 5.44. The number of halogens is 1. The van der Waals surface area contributed by atoms with Gasteiger partial charge in [-0.05, 0) is 36.2 Å². The normalized spacial score (nSPS) is 10.6. The summed E-state index contributed by atoms with van der Waals surface area (Å²) in [5.41, 5.74) is 5.40. The van der Waals surface area contributed by atoms with Crippen molar-refractivity contribution in [2.24, 2.45) is 7.05 Å². The third kappa shape index (κ3) is 3.46. The minimum atomic E-state index is 0.726. The Kier molecular flexibility index (Phi) is 4.51. The van der Waals surface area contributed by atoms with Crippen molar-refractivity contribution in [3.63, 3.8) is 0 Å². The summed E-state index contributed by atoms with van der Waals surface area (Å²) in [7, 11) is 2.00. The largest absolute Gasteiger partial charge is 0.356 e. The van der Waals surface area contributed by atoms with Gasteiger partial charge in [0.25, 0.3) is 0 Å². The first-order valence-corrected chi connectivity index (χ1v) is 8.12. The van der Waals surface area contributed by atoms with Crippen LogP contribution < -0.4 is 5.32 Å². The Bertz CT molecular complexity index is 850. The SMILES string of the molecule is Cc1cn(C)cc1C(=S)Nc1ccccc1-c1ccc(Cl)cc1. The molecule has 0 unspecified atom stereocenters. The van der Waals surface area contributed by atoms with E-state index in [2.05, 4.69) is 24.5 Å². The fourth-order valence-electron chi connectivity index (χ4n) is 2.62. The van der Waals surface area contributed by atoms with E-state index in [-0.39, 0.29) is 0 Å². The van der Waals surface area contributed by atoms with E-state index >= 15 is 0 Å². The molecule has 0 aliphatic rings. The molecule has 116 valence electrons. The number of rotatable bonds is 3. The molecule has 0 aliphatic heterocycles. The Hall–Kier alpha value is -2.10. The van der Waals surface area contributed by atoms with Crippen LogP contribution in [0.1, 0.15) is 11.1 Å². The van der Waals surface area contributed by atoms with E-state index in [4.69, 9.17) is 23.8 Å². The highest BCUT2D eigenvalue weighted by Crippen LogP contribution is 2.29. The molecule has 0 bridgehead atoms. The summed E-state index contributed by atoms with van der Waals surface area (Å²) in [4.78, 5) is 0.726. The van der Waals surface area contributed by atoms with Crippen LogP contribution in [0.2, 0.25) is 5.02 Å². The van der Waals surface area contributed by atoms with Crippen molar-refractivity contribution in [3.8, 4) is 11.1 Å². The van der Waals surface area contributed by atoms with E-state index in [1.165, 1.54) is 0 Å². The fraction of sp³-hybridized carbons (Fsp3) is 0.105. The van der Waals surface area contributed by atoms with Crippen LogP contribution in [0.5, 0.6) is 0 Å². The Labute approximate surface area is 146 Å². The van der Waals surface area contributed by atoms with Gasteiger partial charge in [0.15, 0.2) is 0 Å². The summed E-state index contributed by atoms with van der Waals surface area (Å²) in [6.07, 6.45) is 4.10. The van der Waals surface area contributed by atoms with Gasteiger partial charge in [-0.25, -0.2) is 0 Å². The third-order valence-electron chi connectivity index (χ3n) is 3.73. The molecule has 0 aliphatic carbocycles. The van der Waals surface area contributed by atoms with Gasteiger partial charge in [0.2, 0.25) is 0 Å². The fourth-order valence-corrected chi connectivity index (χ4v) is 3.07. The zero-order chi connectivity index (χ0) is 16.4. The number of para-hydroxylation sites is 1. The zero-order valence-electron chi connectivity index (χ0n) is 13.0. The van der Waals surface area contributed by atoms with Gasteiger partial charge in [-0.1, -0.05) is 54.2 Å². The Balaban J connectivity index is 1.93. The van der Waals surface area contributed by atoms with Crippen LogP contribution in [-0.2, 0) is 7.05 Å². The maximum atomic E-state index is 5.98. The van der Waals surface area contributed by atoms with E-state index in [0.29, 0.717) is 0 Å². The molecule has 0 fully saturated rings. The molecule has 0 atom stereocenters. The lowest BCUT2D eigenvalue weighted by atomic mass is 10.0. The van der Waals surface area contributed by atoms with Gasteiger partial charge in [-0.3, -0.25) is 0 Å². The molecule has 2 nitrogen and oxygen atoms in total. The van der Waals surface area contributed by atoms with Crippen LogP contribution in [0.3, 0.4) is 0 Å². The molecule has 2 aromatic carbocycles. The number of nitrogens with zero attached hydrogens (tertiary/aromatic N) is 1. The van der Waals surface area contributed by atoms with Gasteiger partial charge in [0.1, 0.15) is 4.99 Å². The topological polar surface area (TPSA) is 17.0 Å². The third-order valence-corrected chi connectivity index (χ3v) is 4.30. The van der Waals surface area contributed by atoms with Gasteiger partial charge in [0.05, 0.1) is 0 Å². The Morgan fingerprint density at radius 3 is 2.39 bits per heavy atom. The maximum Gasteiger partial charge on any atom is 0.112 e. The molecule has 0 saturated carbocycles. The molecule has 4 heteroatoms. The summed E-state index contributed by atoms with van der Waals surface area (Å²) in [5.74, 6) is 0. The summed E-state index contributed by atoms with van der Waals surface area (Å²) in [5, 5.41) is 4.11. The summed E-state index contributed by atoms with van der Waals surface area (Å²) in [6, 6.07) is 16.0. The average molecular weight is 341 g/mol. The van der Waals surface area contributed by atoms with Crippen LogP contribution in [0.15, 0.2) is 60.9 Å². The highest BCUT2D eigenvalue weighted by Gasteiger charge is 2.10. The van der Waals surface area contributed by atoms with Crippen LogP contribution in [-0.4, -0.2) is 9.56 Å². The number of nitrogens with one attached hydrogen (secondary N) is 1. The summed E-state index contributed by atoms with van der Waals surface area (Å²) < 4.78 is 2.02. The second kappa shape index (κ2) is 6.57. The summed E-state index contributed by atoms with van der Waals surface area (Å²) >= 11 is 11.6. The first-order chi connectivity index (χ1) is 11.0. The summed E-state index contributed by atoms with van der Waals surface area (Å²) in [6.45, 7) is 2.06. The van der Waals surface area contributed by atoms with Crippen molar-refractivity contribution in [2.45, 2.75) is 6.92 Å². The number of benzene rings is 2. The van der Waals surface area contributed by atoms with Crippen LogP contribution in [0, 0.1) is 6.92 Å². The lowest BCUT2D eigenvalue weighted by molar-refractivity contribution is 0.924. The van der Waals surface area contributed by atoms with Crippen molar-refractivity contribution in [1.82, 2.24) is 4.57 Å². The second-order valence-electron chi connectivity index (χ2n) is 5.53. The second-order valence-corrected chi connectivity index (χ2v) is 6.37. The molecule has 0 saturated heterocycles. The quantitative estimate of drug-likeness (QED) is 0.639. The number of aryl methyl sites for hydroxylation is 2. The minimum absolute atomic E-state index is 0.726. The number of hydrogen-bond acceptors (Lipinski definition) is 1. The molecule has 1 aromatic heterocycles. The highest BCUT2D eigenvalue weighted by molar-refractivity contribution is 7.81. The standard InChI is InChI=1S/C19H17ClN2S/c1-13-11-22(2)12-17(13)19(23)21-18-6-4-3-5-16(18)14-7-9-15(20)10-8-14/h3-12H,1-2H3,(H,21,23). The molecular weight excluding hydrogens is 324 g/mol. The number of thiocarbonyl (C=S) groups is 1. The number of hydrogen-bond donors (Lipinski definition) is 1. The molecular formula is C19H17ClN2S. The van der Waals surface area contributed by atoms with Crippen molar-refractivity contribution in [2.75, 3.05) is 5.32 Å². The van der Waals surface area contributed by atoms with E-state index in [0.717, 1.165) is 38.0 Å². The lowest BCUT2D eigenvalue weighted by Crippen LogP contribution is -2.11. The van der Waals surface area contributed by atoms with Gasteiger partial charge in [0, 0.05) is 41.3 Å². The monoisotopic (exact) mass is 340 g/mol. The van der Waals surface area contributed by atoms with Crippen LogP contribution in [0.4, 0.5) is 5.69 Å². The number of anilines is 1. The van der Waals surface area contributed by atoms with E-state index < -0.39 is 0 Å². The van der Waals surface area contributed by atoms with Crippen molar-refractivity contribution >= 4 is 34.5 Å². The first kappa shape index (κ1) is 15.8. The lowest BCUT2D eigenvalue weighted by Gasteiger charge is -2.13. The molecule has 0 amide bonds. The Morgan fingerprint density at radius 2 is 1.74 bits per heavy atom. The predicted molar refractivity (Wildman–Crippen MR) is 102 cm³/mol. The van der Waals surface area contributed by atoms with E-state index in [1.807, 2.05) is 60.3 Å². The van der Waals surface area contributed by atoms with Crippen molar-refractivity contribution in [3.05, 3.63) is 77.1 Å². The molecule has 0 radical (unpaired) electrons. The minimum Gasteiger partial charge on any atom is -0.356 e. The van der Waals surface area contributed by atoms with Gasteiger partial charge >= 0.3 is 0 Å². The first-order valence-electron chi connectivity index (χ1n) is 7.33. The smallest absolute Gasteiger partial charge is 0.112 e. The average Bonchev–Trinajstić information content (AvgIpc) is 2.87. The van der Waals surface area contributed by atoms with Gasteiger partial charge < -0.3 is 9.88 Å². The van der Waals surface area contributed by atoms with E-state index in [9.17, 15) is 0 Å².